The molecule has 3 unspecified atom stereocenters. The maximum Gasteiger partial charge on any atom is 0.134 e. The first-order valence-electron chi connectivity index (χ1n) is 21.9. The summed E-state index contributed by atoms with van der Waals surface area (Å²) in [5.41, 5.74) is 4.11. The summed E-state index contributed by atoms with van der Waals surface area (Å²) in [6.45, 7) is 49.8. The van der Waals surface area contributed by atoms with E-state index in [-0.39, 0.29) is 5.78 Å². The second-order valence-corrected chi connectivity index (χ2v) is 10.6. The Morgan fingerprint density at radius 1 is 0.774 bits per heavy atom. The third-order valence-corrected chi connectivity index (χ3v) is 6.68. The highest BCUT2D eigenvalue weighted by atomic mass is 32.1. The Labute approximate surface area is 345 Å². The molecule has 1 rings (SSSR count). The highest BCUT2D eigenvalue weighted by molar-refractivity contribution is 7.81. The Hall–Kier alpha value is -1.62. The molecule has 0 saturated heterocycles. The number of Topliss-reactive ketones (excluding diaryl/α,β-unsaturated/α-hetero) is 1. The van der Waals surface area contributed by atoms with Crippen molar-refractivity contribution in [2.75, 3.05) is 27.3 Å². The van der Waals surface area contributed by atoms with Crippen LogP contribution in [-0.4, -0.2) is 49.3 Å². The van der Waals surface area contributed by atoms with E-state index in [4.69, 9.17) is 4.74 Å². The lowest BCUT2D eigenvalue weighted by Gasteiger charge is -2.22. The molecule has 324 valence electrons. The number of rotatable bonds is 13. The van der Waals surface area contributed by atoms with E-state index in [0.29, 0.717) is 30.2 Å². The molecule has 0 N–H and O–H groups in total. The van der Waals surface area contributed by atoms with Crippen molar-refractivity contribution in [3.8, 4) is 0 Å². The third-order valence-electron chi connectivity index (χ3n) is 6.25. The molecular formula is C49H105NO2S. The quantitative estimate of drug-likeness (QED) is 0.115. The lowest BCUT2D eigenvalue weighted by molar-refractivity contribution is -0.116. The molecule has 0 amide bonds. The average molecular weight is 772 g/mol. The van der Waals surface area contributed by atoms with Crippen LogP contribution in [0.2, 0.25) is 0 Å². The summed E-state index contributed by atoms with van der Waals surface area (Å²) in [7, 11) is 4.13. The molecular weight excluding hydrogens is 667 g/mol. The molecule has 0 aliphatic heterocycles. The number of carbonyl (C=O) groups excluding carboxylic acids is 1. The van der Waals surface area contributed by atoms with Crippen LogP contribution in [0.15, 0.2) is 71.4 Å². The highest BCUT2D eigenvalue weighted by Gasteiger charge is 2.10. The van der Waals surface area contributed by atoms with Crippen molar-refractivity contribution in [1.82, 2.24) is 4.90 Å². The molecule has 0 aromatic heterocycles. The zero-order chi connectivity index (χ0) is 44.6. The Bertz CT molecular complexity index is 763. The smallest absolute Gasteiger partial charge is 0.134 e. The van der Waals surface area contributed by atoms with Gasteiger partial charge in [-0.25, -0.2) is 0 Å². The Balaban J connectivity index is -0.0000000562. The number of nitrogens with zero attached hydrogens (tertiary/aromatic N) is 1. The van der Waals surface area contributed by atoms with Gasteiger partial charge in [-0.1, -0.05) is 197 Å². The van der Waals surface area contributed by atoms with E-state index in [1.54, 1.807) is 12.5 Å². The summed E-state index contributed by atoms with van der Waals surface area (Å²) in [6.07, 6.45) is 24.6. The van der Waals surface area contributed by atoms with E-state index in [9.17, 15) is 4.79 Å². The fraction of sp³-hybridized carbons (Fsp3) is 0.735. The lowest BCUT2D eigenvalue weighted by atomic mass is 9.88. The van der Waals surface area contributed by atoms with Gasteiger partial charge in [0.05, 0.1) is 6.61 Å². The molecule has 0 bridgehead atoms. The van der Waals surface area contributed by atoms with Gasteiger partial charge in [0.25, 0.3) is 0 Å². The van der Waals surface area contributed by atoms with E-state index in [2.05, 4.69) is 103 Å². The minimum atomic E-state index is 0.189. The summed E-state index contributed by atoms with van der Waals surface area (Å²) in [4.78, 5) is 13.0. The standard InChI is InChI=1S/C16H24.C11H18O2.C6H15NS.8C2H6/c1-4-6-10-15(5-2)13-14(3)16-11-8-7-9-12-16;1-4-11(9-10(3)12)7-6-8-13-5-2;1-5(6(2)8)7(3)4;8*1-2/h5-8,10-11,14H,4,9,12-13H2,1-3H3;4,6-7H,5,8-9H2,1-3H3;5-6,8H,1-4H3;8*1-2H3/b10-6-,15-5+;7-6-,11-4+;;;;;;;;;. The number of carbonyl (C=O) groups is 1. The number of hydrogen-bond donors (Lipinski definition) is 1. The first kappa shape index (κ1) is 76.2. The Morgan fingerprint density at radius 2 is 1.21 bits per heavy atom. The highest BCUT2D eigenvalue weighted by Crippen LogP contribution is 2.26. The monoisotopic (exact) mass is 772 g/mol. The molecule has 0 heterocycles. The van der Waals surface area contributed by atoms with Gasteiger partial charge in [0, 0.05) is 24.3 Å². The van der Waals surface area contributed by atoms with Crippen LogP contribution in [0.1, 0.15) is 198 Å². The lowest BCUT2D eigenvalue weighted by Crippen LogP contribution is -2.31. The second-order valence-electron chi connectivity index (χ2n) is 9.74. The van der Waals surface area contributed by atoms with E-state index < -0.39 is 0 Å². The SMILES string of the molecule is C/C=C(\C=C/CC)CC(C)C1=CC=CCC1.C/C=C(\C=C/COCC)CC(C)=O.CC.CC.CC.CC.CC.CC.CC.CC.CC(S)C(C)N(C)C. The van der Waals surface area contributed by atoms with Crippen LogP contribution in [-0.2, 0) is 9.53 Å². The molecule has 0 spiro atoms. The van der Waals surface area contributed by atoms with Crippen LogP contribution in [0.25, 0.3) is 0 Å². The molecule has 0 aromatic carbocycles. The number of thiol groups is 1. The first-order valence-corrected chi connectivity index (χ1v) is 22.5. The molecule has 0 fully saturated rings. The fourth-order valence-electron chi connectivity index (χ4n) is 3.43. The molecule has 1 aliphatic rings. The minimum absolute atomic E-state index is 0.189. The summed E-state index contributed by atoms with van der Waals surface area (Å²) in [5, 5.41) is 0.463. The molecule has 1 aliphatic carbocycles. The summed E-state index contributed by atoms with van der Waals surface area (Å²) < 4.78 is 5.13. The topological polar surface area (TPSA) is 29.5 Å². The molecule has 0 aromatic rings. The number of hydrogen-bond acceptors (Lipinski definition) is 4. The van der Waals surface area contributed by atoms with E-state index in [1.807, 2.05) is 143 Å². The number of ether oxygens (including phenoxy) is 1. The first-order chi connectivity index (χ1) is 25.5. The van der Waals surface area contributed by atoms with Gasteiger partial charge in [0.1, 0.15) is 5.78 Å². The van der Waals surface area contributed by atoms with Gasteiger partial charge in [-0.05, 0) is 85.9 Å². The van der Waals surface area contributed by atoms with E-state index in [0.717, 1.165) is 18.6 Å². The molecule has 0 radical (unpaired) electrons. The fourth-order valence-corrected chi connectivity index (χ4v) is 3.70. The molecule has 3 nitrogen and oxygen atoms in total. The summed E-state index contributed by atoms with van der Waals surface area (Å²) in [5.74, 6) is 0.867. The van der Waals surface area contributed by atoms with E-state index >= 15 is 0 Å². The van der Waals surface area contributed by atoms with Gasteiger partial charge in [0.15, 0.2) is 0 Å². The second kappa shape index (κ2) is 79.2. The van der Waals surface area contributed by atoms with Crippen LogP contribution >= 0.6 is 12.6 Å². The zero-order valence-corrected chi connectivity index (χ0v) is 42.5. The number of allylic oxidation sites excluding steroid dienone is 11. The predicted octanol–water partition coefficient (Wildman–Crippen LogP) is 17.2. The van der Waals surface area contributed by atoms with Gasteiger partial charge in [0.2, 0.25) is 0 Å². The molecule has 3 atom stereocenters. The minimum Gasteiger partial charge on any atom is -0.378 e. The van der Waals surface area contributed by atoms with Gasteiger partial charge in [-0.2, -0.15) is 12.6 Å². The summed E-state index contributed by atoms with van der Waals surface area (Å²) in [6, 6.07) is 0.568. The van der Waals surface area contributed by atoms with Crippen molar-refractivity contribution in [2.24, 2.45) is 5.92 Å². The van der Waals surface area contributed by atoms with Crippen molar-refractivity contribution in [2.45, 2.75) is 210 Å². The average Bonchev–Trinajstić information content (AvgIpc) is 3.23. The van der Waals surface area contributed by atoms with Crippen LogP contribution in [0.4, 0.5) is 0 Å². The number of ketones is 1. The Morgan fingerprint density at radius 3 is 1.49 bits per heavy atom. The van der Waals surface area contributed by atoms with Gasteiger partial charge < -0.3 is 9.64 Å². The maximum absolute atomic E-state index is 10.8. The van der Waals surface area contributed by atoms with Gasteiger partial charge in [-0.3, -0.25) is 4.79 Å². The van der Waals surface area contributed by atoms with Crippen LogP contribution in [0.3, 0.4) is 0 Å². The van der Waals surface area contributed by atoms with Crippen molar-refractivity contribution < 1.29 is 9.53 Å². The predicted molar refractivity (Wildman–Crippen MR) is 260 cm³/mol. The van der Waals surface area contributed by atoms with Gasteiger partial charge >= 0.3 is 0 Å². The van der Waals surface area contributed by atoms with Crippen LogP contribution < -0.4 is 0 Å². The Kier molecular flexibility index (Phi) is 114. The van der Waals surface area contributed by atoms with Crippen LogP contribution in [0, 0.1) is 5.92 Å². The summed E-state index contributed by atoms with van der Waals surface area (Å²) >= 11 is 4.29. The normalized spacial score (nSPS) is 12.5. The molecule has 53 heavy (non-hydrogen) atoms. The molecule has 4 heteroatoms. The van der Waals surface area contributed by atoms with Crippen LogP contribution in [0.5, 0.6) is 0 Å². The van der Waals surface area contributed by atoms with Crippen molar-refractivity contribution >= 4 is 18.4 Å². The van der Waals surface area contributed by atoms with E-state index in [1.165, 1.54) is 24.8 Å². The van der Waals surface area contributed by atoms with Gasteiger partial charge in [-0.15, -0.1) is 0 Å². The van der Waals surface area contributed by atoms with Crippen molar-refractivity contribution in [3.05, 3.63) is 71.4 Å². The zero-order valence-electron chi connectivity index (χ0n) is 41.6. The maximum atomic E-state index is 10.8. The third kappa shape index (κ3) is 72.3. The largest absolute Gasteiger partial charge is 0.378 e. The molecule has 0 saturated carbocycles. The van der Waals surface area contributed by atoms with Crippen molar-refractivity contribution in [1.29, 1.82) is 0 Å². The van der Waals surface area contributed by atoms with Crippen molar-refractivity contribution in [3.63, 3.8) is 0 Å².